The Morgan fingerprint density at radius 1 is 1.21 bits per heavy atom. The van der Waals surface area contributed by atoms with Gasteiger partial charge in [0.15, 0.2) is 5.78 Å². The Labute approximate surface area is 86.1 Å². The summed E-state index contributed by atoms with van der Waals surface area (Å²) in [5.74, 6) is 0.167. The zero-order chi connectivity index (χ0) is 10.7. The van der Waals surface area contributed by atoms with Crippen LogP contribution in [0.4, 0.5) is 0 Å². The summed E-state index contributed by atoms with van der Waals surface area (Å²) in [4.78, 5) is 11.3. The minimum Gasteiger partial charge on any atom is -0.295 e. The molecule has 0 aliphatic carbocycles. The summed E-state index contributed by atoms with van der Waals surface area (Å²) in [5.41, 5.74) is 4.58. The van der Waals surface area contributed by atoms with Crippen LogP contribution in [0, 0.1) is 13.8 Å². The van der Waals surface area contributed by atoms with Crippen molar-refractivity contribution in [3.8, 4) is 0 Å². The summed E-state index contributed by atoms with van der Waals surface area (Å²) in [6.07, 6.45) is 2.19. The van der Waals surface area contributed by atoms with Crippen LogP contribution in [0.15, 0.2) is 12.1 Å². The number of ketones is 1. The van der Waals surface area contributed by atoms with Crippen LogP contribution in [0.3, 0.4) is 0 Å². The van der Waals surface area contributed by atoms with Gasteiger partial charge in [0.25, 0.3) is 0 Å². The van der Waals surface area contributed by atoms with Crippen LogP contribution in [-0.4, -0.2) is 5.78 Å². The van der Waals surface area contributed by atoms with Crippen LogP contribution >= 0.6 is 0 Å². The van der Waals surface area contributed by atoms with Gasteiger partial charge in [-0.1, -0.05) is 19.4 Å². The lowest BCUT2D eigenvalue weighted by Crippen LogP contribution is -2.00. The van der Waals surface area contributed by atoms with Gasteiger partial charge in [-0.2, -0.15) is 0 Å². The molecule has 0 aromatic heterocycles. The van der Waals surface area contributed by atoms with Crippen molar-refractivity contribution in [3.63, 3.8) is 0 Å². The van der Waals surface area contributed by atoms with Crippen LogP contribution in [0.5, 0.6) is 0 Å². The molecule has 0 radical (unpaired) electrons. The summed E-state index contributed by atoms with van der Waals surface area (Å²) in [7, 11) is 0. The van der Waals surface area contributed by atoms with Crippen molar-refractivity contribution in [2.24, 2.45) is 0 Å². The maximum absolute atomic E-state index is 11.3. The van der Waals surface area contributed by atoms with Crippen molar-refractivity contribution in [1.82, 2.24) is 0 Å². The maximum Gasteiger partial charge on any atom is 0.160 e. The predicted octanol–water partition coefficient (Wildman–Crippen LogP) is 3.46. The largest absolute Gasteiger partial charge is 0.295 e. The van der Waals surface area contributed by atoms with Gasteiger partial charge in [0, 0.05) is 5.56 Å². The minimum atomic E-state index is 0.167. The van der Waals surface area contributed by atoms with Crippen molar-refractivity contribution < 1.29 is 4.79 Å². The minimum absolute atomic E-state index is 0.167. The van der Waals surface area contributed by atoms with Crippen LogP contribution < -0.4 is 0 Å². The Morgan fingerprint density at radius 2 is 1.86 bits per heavy atom. The first-order chi connectivity index (χ1) is 6.56. The first-order valence-corrected chi connectivity index (χ1v) is 5.17. The molecule has 0 amide bonds. The Morgan fingerprint density at radius 3 is 2.36 bits per heavy atom. The Bertz CT molecular complexity index is 350. The fourth-order valence-electron chi connectivity index (χ4n) is 1.82. The van der Waals surface area contributed by atoms with Crippen molar-refractivity contribution in [1.29, 1.82) is 0 Å². The van der Waals surface area contributed by atoms with E-state index in [9.17, 15) is 4.79 Å². The molecule has 0 N–H and O–H groups in total. The molecular formula is C13H18O. The van der Waals surface area contributed by atoms with Gasteiger partial charge in [-0.3, -0.25) is 4.79 Å². The maximum atomic E-state index is 11.3. The SMILES string of the molecule is CCCc1cc(C(C)=O)c(C)cc1C. The molecule has 0 fully saturated rings. The van der Waals surface area contributed by atoms with Crippen LogP contribution in [0.25, 0.3) is 0 Å². The number of carbonyl (C=O) groups excluding carboxylic acids is 1. The van der Waals surface area contributed by atoms with Crippen LogP contribution in [0.1, 0.15) is 47.3 Å². The highest BCUT2D eigenvalue weighted by Gasteiger charge is 2.07. The van der Waals surface area contributed by atoms with Crippen molar-refractivity contribution >= 4 is 5.78 Å². The smallest absolute Gasteiger partial charge is 0.160 e. The first kappa shape index (κ1) is 11.0. The molecule has 0 spiro atoms. The van der Waals surface area contributed by atoms with Gasteiger partial charge in [0.05, 0.1) is 0 Å². The molecule has 14 heavy (non-hydrogen) atoms. The highest BCUT2D eigenvalue weighted by Crippen LogP contribution is 2.17. The van der Waals surface area contributed by atoms with E-state index in [-0.39, 0.29) is 5.78 Å². The third-order valence-corrected chi connectivity index (χ3v) is 2.58. The van der Waals surface area contributed by atoms with Gasteiger partial charge in [0.1, 0.15) is 0 Å². The third-order valence-electron chi connectivity index (χ3n) is 2.58. The van der Waals surface area contributed by atoms with Gasteiger partial charge >= 0.3 is 0 Å². The van der Waals surface area contributed by atoms with E-state index in [0.717, 1.165) is 24.0 Å². The van der Waals surface area contributed by atoms with E-state index >= 15 is 0 Å². The molecule has 0 aliphatic heterocycles. The molecule has 1 heteroatoms. The topological polar surface area (TPSA) is 17.1 Å². The molecule has 0 heterocycles. The number of rotatable bonds is 3. The second kappa shape index (κ2) is 4.41. The van der Waals surface area contributed by atoms with E-state index in [0.29, 0.717) is 0 Å². The van der Waals surface area contributed by atoms with Crippen molar-refractivity contribution in [3.05, 3.63) is 34.4 Å². The molecule has 1 aromatic rings. The average Bonchev–Trinajstić information content (AvgIpc) is 2.09. The van der Waals surface area contributed by atoms with Crippen molar-refractivity contribution in [2.75, 3.05) is 0 Å². The predicted molar refractivity (Wildman–Crippen MR) is 59.9 cm³/mol. The van der Waals surface area contributed by atoms with Crippen LogP contribution in [-0.2, 0) is 6.42 Å². The Hall–Kier alpha value is -1.11. The number of hydrogen-bond acceptors (Lipinski definition) is 1. The number of aryl methyl sites for hydroxylation is 3. The third kappa shape index (κ3) is 2.22. The van der Waals surface area contributed by atoms with Crippen LogP contribution in [0.2, 0.25) is 0 Å². The normalized spacial score (nSPS) is 10.3. The van der Waals surface area contributed by atoms with E-state index < -0.39 is 0 Å². The van der Waals surface area contributed by atoms with Crippen molar-refractivity contribution in [2.45, 2.75) is 40.5 Å². The molecular weight excluding hydrogens is 172 g/mol. The molecule has 0 bridgehead atoms. The monoisotopic (exact) mass is 190 g/mol. The summed E-state index contributed by atoms with van der Waals surface area (Å²) in [6.45, 7) is 7.90. The number of Topliss-reactive ketones (excluding diaryl/α,β-unsaturated/α-hetero) is 1. The first-order valence-electron chi connectivity index (χ1n) is 5.17. The van der Waals surface area contributed by atoms with Gasteiger partial charge in [0.2, 0.25) is 0 Å². The van der Waals surface area contributed by atoms with E-state index in [2.05, 4.69) is 26.0 Å². The van der Waals surface area contributed by atoms with E-state index in [1.165, 1.54) is 11.1 Å². The van der Waals surface area contributed by atoms with E-state index in [1.54, 1.807) is 6.92 Å². The summed E-state index contributed by atoms with van der Waals surface area (Å²) >= 11 is 0. The summed E-state index contributed by atoms with van der Waals surface area (Å²) in [5, 5.41) is 0. The van der Waals surface area contributed by atoms with Gasteiger partial charge in [-0.15, -0.1) is 0 Å². The Balaban J connectivity index is 3.20. The highest BCUT2D eigenvalue weighted by molar-refractivity contribution is 5.95. The second-order valence-electron chi connectivity index (χ2n) is 3.90. The number of carbonyl (C=O) groups is 1. The molecule has 1 aromatic carbocycles. The average molecular weight is 190 g/mol. The lowest BCUT2D eigenvalue weighted by molar-refractivity contribution is 0.101. The fourth-order valence-corrected chi connectivity index (χ4v) is 1.82. The molecule has 76 valence electrons. The van der Waals surface area contributed by atoms with Gasteiger partial charge in [-0.05, 0) is 49.9 Å². The standard InChI is InChI=1S/C13H18O/c1-5-6-12-8-13(11(4)14)10(3)7-9(12)2/h7-8H,5-6H2,1-4H3. The Kier molecular flexibility index (Phi) is 3.45. The molecule has 0 saturated carbocycles. The fraction of sp³-hybridized carbons (Fsp3) is 0.462. The molecule has 0 aliphatic rings. The second-order valence-corrected chi connectivity index (χ2v) is 3.90. The molecule has 1 rings (SSSR count). The van der Waals surface area contributed by atoms with Gasteiger partial charge in [-0.25, -0.2) is 0 Å². The lowest BCUT2D eigenvalue weighted by atomic mass is 9.95. The lowest BCUT2D eigenvalue weighted by Gasteiger charge is -2.09. The molecule has 0 unspecified atom stereocenters. The molecule has 0 saturated heterocycles. The molecule has 0 atom stereocenters. The number of hydrogen-bond donors (Lipinski definition) is 0. The summed E-state index contributed by atoms with van der Waals surface area (Å²) in [6, 6.07) is 4.16. The number of benzene rings is 1. The summed E-state index contributed by atoms with van der Waals surface area (Å²) < 4.78 is 0. The quantitative estimate of drug-likeness (QED) is 0.667. The zero-order valence-corrected chi connectivity index (χ0v) is 9.48. The van der Waals surface area contributed by atoms with E-state index in [4.69, 9.17) is 0 Å². The zero-order valence-electron chi connectivity index (χ0n) is 9.48. The van der Waals surface area contributed by atoms with E-state index in [1.807, 2.05) is 6.92 Å². The highest BCUT2D eigenvalue weighted by atomic mass is 16.1. The van der Waals surface area contributed by atoms with Gasteiger partial charge < -0.3 is 0 Å². The molecule has 1 nitrogen and oxygen atoms in total.